The highest BCUT2D eigenvalue weighted by Crippen LogP contribution is 2.28. The third kappa shape index (κ3) is 3.03. The van der Waals surface area contributed by atoms with Crippen molar-refractivity contribution in [2.75, 3.05) is 31.1 Å². The van der Waals surface area contributed by atoms with Crippen LogP contribution in [0.5, 0.6) is 0 Å². The monoisotopic (exact) mass is 248 g/mol. The molecule has 18 heavy (non-hydrogen) atoms. The summed E-state index contributed by atoms with van der Waals surface area (Å²) >= 11 is 0. The molecule has 1 fully saturated rings. The predicted octanol–water partition coefficient (Wildman–Crippen LogP) is 1.97. The van der Waals surface area contributed by atoms with Crippen molar-refractivity contribution in [2.45, 2.75) is 32.2 Å². The Morgan fingerprint density at radius 2 is 2.17 bits per heavy atom. The number of rotatable bonds is 3. The number of anilines is 1. The van der Waals surface area contributed by atoms with E-state index in [1.54, 1.807) is 0 Å². The van der Waals surface area contributed by atoms with Gasteiger partial charge in [0.1, 0.15) is 0 Å². The Kier molecular flexibility index (Phi) is 4.61. The van der Waals surface area contributed by atoms with Gasteiger partial charge < -0.3 is 15.3 Å². The fourth-order valence-corrected chi connectivity index (χ4v) is 2.60. The summed E-state index contributed by atoms with van der Waals surface area (Å²) in [5, 5.41) is 12.8. The molecule has 1 aromatic carbocycles. The first-order valence-electron chi connectivity index (χ1n) is 6.90. The Balaban J connectivity index is 2.23. The van der Waals surface area contributed by atoms with Crippen LogP contribution in [0.1, 0.15) is 31.7 Å². The molecule has 1 heterocycles. The zero-order valence-corrected chi connectivity index (χ0v) is 11.4. The van der Waals surface area contributed by atoms with Gasteiger partial charge >= 0.3 is 0 Å². The summed E-state index contributed by atoms with van der Waals surface area (Å²) in [6, 6.07) is 8.82. The van der Waals surface area contributed by atoms with Crippen LogP contribution in [-0.4, -0.2) is 37.4 Å². The highest BCUT2D eigenvalue weighted by molar-refractivity contribution is 5.55. The van der Waals surface area contributed by atoms with Gasteiger partial charge in [0, 0.05) is 24.8 Å². The molecule has 3 nitrogen and oxygen atoms in total. The highest BCUT2D eigenvalue weighted by atomic mass is 16.3. The summed E-state index contributed by atoms with van der Waals surface area (Å²) in [6.07, 6.45) is 1.13. The zero-order valence-electron chi connectivity index (χ0n) is 11.4. The first-order chi connectivity index (χ1) is 8.72. The Labute approximate surface area is 110 Å². The minimum Gasteiger partial charge on any atom is -0.395 e. The minimum absolute atomic E-state index is 0.188. The van der Waals surface area contributed by atoms with E-state index in [2.05, 4.69) is 48.3 Å². The van der Waals surface area contributed by atoms with Gasteiger partial charge in [0.15, 0.2) is 0 Å². The van der Waals surface area contributed by atoms with E-state index >= 15 is 0 Å². The molecule has 0 amide bonds. The van der Waals surface area contributed by atoms with Gasteiger partial charge in [-0.25, -0.2) is 0 Å². The second-order valence-electron chi connectivity index (χ2n) is 5.35. The van der Waals surface area contributed by atoms with E-state index in [0.29, 0.717) is 5.92 Å². The SMILES string of the molecule is CC(C)c1ccccc1N1CCCNC(CO)C1. The molecule has 1 aromatic rings. The molecule has 1 saturated heterocycles. The summed E-state index contributed by atoms with van der Waals surface area (Å²) in [5.74, 6) is 0.532. The third-order valence-electron chi connectivity index (χ3n) is 3.60. The van der Waals surface area contributed by atoms with Crippen LogP contribution >= 0.6 is 0 Å². The second kappa shape index (κ2) is 6.21. The molecule has 100 valence electrons. The maximum absolute atomic E-state index is 9.37. The summed E-state index contributed by atoms with van der Waals surface area (Å²) in [6.45, 7) is 7.62. The molecule has 1 aliphatic rings. The van der Waals surface area contributed by atoms with E-state index < -0.39 is 0 Å². The molecule has 3 heteroatoms. The molecule has 1 atom stereocenters. The molecular formula is C15H24N2O. The fraction of sp³-hybridized carbons (Fsp3) is 0.600. The van der Waals surface area contributed by atoms with Crippen LogP contribution in [0.25, 0.3) is 0 Å². The molecule has 0 aromatic heterocycles. The minimum atomic E-state index is 0.188. The van der Waals surface area contributed by atoms with Crippen LogP contribution in [0.4, 0.5) is 5.69 Å². The molecule has 0 radical (unpaired) electrons. The molecule has 1 unspecified atom stereocenters. The van der Waals surface area contributed by atoms with Crippen molar-refractivity contribution in [3.05, 3.63) is 29.8 Å². The van der Waals surface area contributed by atoms with Crippen molar-refractivity contribution in [2.24, 2.45) is 0 Å². The van der Waals surface area contributed by atoms with E-state index in [9.17, 15) is 5.11 Å². The fourth-order valence-electron chi connectivity index (χ4n) is 2.60. The number of aliphatic hydroxyl groups excluding tert-OH is 1. The van der Waals surface area contributed by atoms with Gasteiger partial charge in [-0.05, 0) is 30.5 Å². The normalized spacial score (nSPS) is 21.1. The van der Waals surface area contributed by atoms with E-state index in [4.69, 9.17) is 0 Å². The Hall–Kier alpha value is -1.06. The van der Waals surface area contributed by atoms with Crippen LogP contribution in [0, 0.1) is 0 Å². The van der Waals surface area contributed by atoms with Crippen molar-refractivity contribution in [1.29, 1.82) is 0 Å². The first-order valence-corrected chi connectivity index (χ1v) is 6.90. The number of hydrogen-bond donors (Lipinski definition) is 2. The number of para-hydroxylation sites is 1. The smallest absolute Gasteiger partial charge is 0.0601 e. The highest BCUT2D eigenvalue weighted by Gasteiger charge is 2.19. The Morgan fingerprint density at radius 3 is 2.89 bits per heavy atom. The maximum Gasteiger partial charge on any atom is 0.0601 e. The lowest BCUT2D eigenvalue weighted by Gasteiger charge is -2.28. The lowest BCUT2D eigenvalue weighted by atomic mass is 10.00. The predicted molar refractivity (Wildman–Crippen MR) is 76.2 cm³/mol. The van der Waals surface area contributed by atoms with Gasteiger partial charge in [-0.2, -0.15) is 0 Å². The maximum atomic E-state index is 9.37. The van der Waals surface area contributed by atoms with Crippen molar-refractivity contribution in [3.63, 3.8) is 0 Å². The first kappa shape index (κ1) is 13.4. The van der Waals surface area contributed by atoms with Crippen LogP contribution in [0.15, 0.2) is 24.3 Å². The molecule has 0 spiro atoms. The average Bonchev–Trinajstić information content (AvgIpc) is 2.64. The van der Waals surface area contributed by atoms with Gasteiger partial charge in [0.2, 0.25) is 0 Å². The van der Waals surface area contributed by atoms with Gasteiger partial charge in [0.05, 0.1) is 6.61 Å². The molecular weight excluding hydrogens is 224 g/mol. The molecule has 1 aliphatic heterocycles. The average molecular weight is 248 g/mol. The lowest BCUT2D eigenvalue weighted by Crippen LogP contribution is -2.40. The molecule has 2 rings (SSSR count). The molecule has 0 bridgehead atoms. The van der Waals surface area contributed by atoms with E-state index in [1.165, 1.54) is 11.3 Å². The largest absolute Gasteiger partial charge is 0.395 e. The van der Waals surface area contributed by atoms with Crippen LogP contribution in [0.2, 0.25) is 0 Å². The second-order valence-corrected chi connectivity index (χ2v) is 5.35. The number of nitrogens with zero attached hydrogens (tertiary/aromatic N) is 1. The molecule has 2 N–H and O–H groups in total. The standard InChI is InChI=1S/C15H24N2O/c1-12(2)14-6-3-4-7-15(14)17-9-5-8-16-13(10-17)11-18/h3-4,6-7,12-13,16,18H,5,8-11H2,1-2H3. The number of benzene rings is 1. The summed E-state index contributed by atoms with van der Waals surface area (Å²) in [5.41, 5.74) is 2.73. The quantitative estimate of drug-likeness (QED) is 0.858. The van der Waals surface area contributed by atoms with Crippen molar-refractivity contribution < 1.29 is 5.11 Å². The van der Waals surface area contributed by atoms with Crippen LogP contribution < -0.4 is 10.2 Å². The lowest BCUT2D eigenvalue weighted by molar-refractivity contribution is 0.248. The number of hydrogen-bond acceptors (Lipinski definition) is 3. The molecule has 0 saturated carbocycles. The topological polar surface area (TPSA) is 35.5 Å². The Morgan fingerprint density at radius 1 is 1.39 bits per heavy atom. The van der Waals surface area contributed by atoms with Crippen molar-refractivity contribution >= 4 is 5.69 Å². The van der Waals surface area contributed by atoms with Gasteiger partial charge in [-0.1, -0.05) is 32.0 Å². The van der Waals surface area contributed by atoms with Crippen LogP contribution in [0.3, 0.4) is 0 Å². The van der Waals surface area contributed by atoms with E-state index in [-0.39, 0.29) is 12.6 Å². The van der Waals surface area contributed by atoms with Gasteiger partial charge in [0.25, 0.3) is 0 Å². The summed E-state index contributed by atoms with van der Waals surface area (Å²) < 4.78 is 0. The van der Waals surface area contributed by atoms with Crippen LogP contribution in [-0.2, 0) is 0 Å². The zero-order chi connectivity index (χ0) is 13.0. The Bertz CT molecular complexity index is 379. The van der Waals surface area contributed by atoms with Crippen molar-refractivity contribution in [1.82, 2.24) is 5.32 Å². The van der Waals surface area contributed by atoms with E-state index in [0.717, 1.165) is 26.1 Å². The number of aliphatic hydroxyl groups is 1. The van der Waals surface area contributed by atoms with Gasteiger partial charge in [-0.3, -0.25) is 0 Å². The third-order valence-corrected chi connectivity index (χ3v) is 3.60. The summed E-state index contributed by atoms with van der Waals surface area (Å²) in [4.78, 5) is 2.41. The number of nitrogens with one attached hydrogen (secondary N) is 1. The van der Waals surface area contributed by atoms with E-state index in [1.807, 2.05) is 0 Å². The van der Waals surface area contributed by atoms with Gasteiger partial charge in [-0.15, -0.1) is 0 Å². The molecule has 0 aliphatic carbocycles. The summed E-state index contributed by atoms with van der Waals surface area (Å²) in [7, 11) is 0. The van der Waals surface area contributed by atoms with Crippen molar-refractivity contribution in [3.8, 4) is 0 Å².